The number of imidazole rings is 1. The maximum atomic E-state index is 5.87. The molecule has 1 atom stereocenters. The highest BCUT2D eigenvalue weighted by Crippen LogP contribution is 2.22. The third kappa shape index (κ3) is 4.28. The van der Waals surface area contributed by atoms with E-state index in [1.165, 1.54) is 42.6 Å². The number of aromatic nitrogens is 2. The molecule has 134 valence electrons. The van der Waals surface area contributed by atoms with E-state index in [-0.39, 0.29) is 0 Å². The van der Waals surface area contributed by atoms with Crippen molar-refractivity contribution in [1.82, 2.24) is 14.6 Å². The molecule has 1 saturated heterocycles. The minimum absolute atomic E-state index is 0.418. The minimum Gasteiger partial charge on any atom is -0.368 e. The van der Waals surface area contributed by atoms with Crippen molar-refractivity contribution in [3.63, 3.8) is 0 Å². The second kappa shape index (κ2) is 7.40. The van der Waals surface area contributed by atoms with Gasteiger partial charge in [-0.1, -0.05) is 24.6 Å². The van der Waals surface area contributed by atoms with Crippen LogP contribution in [0.4, 0.5) is 5.95 Å². The highest BCUT2D eigenvalue weighted by Gasteiger charge is 2.17. The fraction of sp³-hybridized carbons (Fsp3) is 0.500. The van der Waals surface area contributed by atoms with Gasteiger partial charge in [0.1, 0.15) is 0 Å². The molecule has 2 N–H and O–H groups in total. The van der Waals surface area contributed by atoms with Crippen LogP contribution in [0.5, 0.6) is 0 Å². The Morgan fingerprint density at radius 2 is 2.12 bits per heavy atom. The molecule has 5 nitrogen and oxygen atoms in total. The van der Waals surface area contributed by atoms with Crippen molar-refractivity contribution >= 4 is 12.2 Å². The zero-order valence-electron chi connectivity index (χ0n) is 15.8. The van der Waals surface area contributed by atoms with Crippen LogP contribution in [0, 0.1) is 26.7 Å². The van der Waals surface area contributed by atoms with Crippen molar-refractivity contribution in [2.75, 3.05) is 18.8 Å². The Labute approximate surface area is 150 Å². The van der Waals surface area contributed by atoms with Crippen molar-refractivity contribution in [3.05, 3.63) is 46.3 Å². The molecule has 1 fully saturated rings. The van der Waals surface area contributed by atoms with Crippen LogP contribution in [0.2, 0.25) is 0 Å². The van der Waals surface area contributed by atoms with Gasteiger partial charge < -0.3 is 5.73 Å². The molecule has 1 aromatic carbocycles. The van der Waals surface area contributed by atoms with Crippen molar-refractivity contribution < 1.29 is 0 Å². The largest absolute Gasteiger partial charge is 0.368 e. The second-order valence-corrected chi connectivity index (χ2v) is 7.45. The van der Waals surface area contributed by atoms with Crippen LogP contribution in [0.25, 0.3) is 0 Å². The first kappa shape index (κ1) is 17.7. The fourth-order valence-corrected chi connectivity index (χ4v) is 3.65. The molecule has 2 heterocycles. The molecule has 0 amide bonds. The third-order valence-electron chi connectivity index (χ3n) is 4.99. The van der Waals surface area contributed by atoms with Crippen LogP contribution in [-0.2, 0) is 6.54 Å². The van der Waals surface area contributed by atoms with E-state index in [1.54, 1.807) is 4.68 Å². The van der Waals surface area contributed by atoms with Gasteiger partial charge in [-0.05, 0) is 62.8 Å². The smallest absolute Gasteiger partial charge is 0.221 e. The van der Waals surface area contributed by atoms with Gasteiger partial charge in [-0.25, -0.2) is 9.66 Å². The lowest BCUT2D eigenvalue weighted by Crippen LogP contribution is -2.34. The zero-order chi connectivity index (χ0) is 18.0. The molecule has 0 bridgehead atoms. The molecular weight excluding hydrogens is 310 g/mol. The summed E-state index contributed by atoms with van der Waals surface area (Å²) >= 11 is 0. The lowest BCUT2D eigenvalue weighted by molar-refractivity contribution is 0.176. The van der Waals surface area contributed by atoms with E-state index in [2.05, 4.69) is 47.9 Å². The molecule has 0 spiro atoms. The summed E-state index contributed by atoms with van der Waals surface area (Å²) in [6, 6.07) is 4.49. The number of nitrogen functional groups attached to an aromatic ring is 1. The van der Waals surface area contributed by atoms with Gasteiger partial charge >= 0.3 is 0 Å². The Morgan fingerprint density at radius 3 is 2.80 bits per heavy atom. The second-order valence-electron chi connectivity index (χ2n) is 7.45. The molecule has 1 aliphatic rings. The zero-order valence-corrected chi connectivity index (χ0v) is 15.8. The van der Waals surface area contributed by atoms with Crippen molar-refractivity contribution in [3.8, 4) is 0 Å². The van der Waals surface area contributed by atoms with E-state index in [9.17, 15) is 0 Å². The number of anilines is 1. The van der Waals surface area contributed by atoms with Gasteiger partial charge in [0, 0.05) is 13.1 Å². The lowest BCUT2D eigenvalue weighted by Gasteiger charge is -2.31. The maximum absolute atomic E-state index is 5.87. The number of benzene rings is 1. The Balaban J connectivity index is 1.83. The van der Waals surface area contributed by atoms with Crippen LogP contribution in [0.3, 0.4) is 0 Å². The first-order valence-corrected chi connectivity index (χ1v) is 9.10. The summed E-state index contributed by atoms with van der Waals surface area (Å²) < 4.78 is 1.63. The van der Waals surface area contributed by atoms with Crippen molar-refractivity contribution in [2.24, 2.45) is 11.0 Å². The summed E-state index contributed by atoms with van der Waals surface area (Å²) in [7, 11) is 0. The van der Waals surface area contributed by atoms with Crippen molar-refractivity contribution in [1.29, 1.82) is 0 Å². The van der Waals surface area contributed by atoms with Crippen LogP contribution in [0.15, 0.2) is 23.4 Å². The summed E-state index contributed by atoms with van der Waals surface area (Å²) in [6.45, 7) is 12.0. The number of rotatable bonds is 4. The predicted octanol–water partition coefficient (Wildman–Crippen LogP) is 3.50. The van der Waals surface area contributed by atoms with Gasteiger partial charge in [0.05, 0.1) is 18.1 Å². The Morgan fingerprint density at radius 1 is 1.32 bits per heavy atom. The SMILES string of the molecule is Cc1cc(C=Nn2cc(C)nc2N)c(C)c(CN2CCCC(C)C2)c1. The number of aryl methyl sites for hydroxylation is 2. The summed E-state index contributed by atoms with van der Waals surface area (Å²) in [6.07, 6.45) is 6.39. The van der Waals surface area contributed by atoms with E-state index in [4.69, 9.17) is 5.73 Å². The van der Waals surface area contributed by atoms with Gasteiger partial charge in [0.2, 0.25) is 5.95 Å². The highest BCUT2D eigenvalue weighted by molar-refractivity contribution is 5.82. The van der Waals surface area contributed by atoms with Gasteiger partial charge in [-0.15, -0.1) is 0 Å². The summed E-state index contributed by atoms with van der Waals surface area (Å²) in [4.78, 5) is 6.76. The summed E-state index contributed by atoms with van der Waals surface area (Å²) in [5.41, 5.74) is 11.8. The standard InChI is InChI=1S/C20H29N5/c1-14-6-5-7-24(11-14)13-19-9-15(2)8-18(17(19)4)10-22-25-12-16(3)23-20(25)21/h8-10,12,14H,5-7,11,13H2,1-4H3,(H2,21,23). The van der Waals surface area contributed by atoms with Gasteiger partial charge in [0.15, 0.2) is 0 Å². The van der Waals surface area contributed by atoms with Crippen molar-refractivity contribution in [2.45, 2.75) is 47.1 Å². The van der Waals surface area contributed by atoms with Crippen LogP contribution in [0.1, 0.15) is 47.7 Å². The van der Waals surface area contributed by atoms with E-state index in [0.717, 1.165) is 23.7 Å². The Bertz CT molecular complexity index is 775. The van der Waals surface area contributed by atoms with E-state index < -0.39 is 0 Å². The summed E-state index contributed by atoms with van der Waals surface area (Å²) in [5.74, 6) is 1.22. The molecule has 3 rings (SSSR count). The topological polar surface area (TPSA) is 59.4 Å². The number of likely N-dealkylation sites (tertiary alicyclic amines) is 1. The van der Waals surface area contributed by atoms with Crippen LogP contribution < -0.4 is 5.73 Å². The number of hydrogen-bond donors (Lipinski definition) is 1. The molecule has 0 aliphatic carbocycles. The number of piperidine rings is 1. The lowest BCUT2D eigenvalue weighted by atomic mass is 9.96. The normalized spacial score (nSPS) is 19.0. The maximum Gasteiger partial charge on any atom is 0.221 e. The van der Waals surface area contributed by atoms with Crippen LogP contribution >= 0.6 is 0 Å². The van der Waals surface area contributed by atoms with Gasteiger partial charge in [-0.3, -0.25) is 4.90 Å². The highest BCUT2D eigenvalue weighted by atomic mass is 15.4. The van der Waals surface area contributed by atoms with E-state index in [0.29, 0.717) is 5.95 Å². The molecule has 25 heavy (non-hydrogen) atoms. The van der Waals surface area contributed by atoms with Crippen LogP contribution in [-0.4, -0.2) is 33.9 Å². The average molecular weight is 339 g/mol. The van der Waals surface area contributed by atoms with Gasteiger partial charge in [0.25, 0.3) is 0 Å². The number of nitrogens with two attached hydrogens (primary N) is 1. The molecule has 5 heteroatoms. The third-order valence-corrected chi connectivity index (χ3v) is 4.99. The predicted molar refractivity (Wildman–Crippen MR) is 104 cm³/mol. The monoisotopic (exact) mass is 339 g/mol. The first-order chi connectivity index (χ1) is 11.9. The molecular formula is C20H29N5. The molecule has 1 aliphatic heterocycles. The number of hydrogen-bond acceptors (Lipinski definition) is 4. The first-order valence-electron chi connectivity index (χ1n) is 9.10. The Kier molecular flexibility index (Phi) is 5.23. The van der Waals surface area contributed by atoms with E-state index in [1.807, 2.05) is 19.3 Å². The molecule has 1 unspecified atom stereocenters. The van der Waals surface area contributed by atoms with E-state index >= 15 is 0 Å². The van der Waals surface area contributed by atoms with Gasteiger partial charge in [-0.2, -0.15) is 5.10 Å². The molecule has 0 radical (unpaired) electrons. The minimum atomic E-state index is 0.418. The average Bonchev–Trinajstić information content (AvgIpc) is 2.87. The fourth-order valence-electron chi connectivity index (χ4n) is 3.65. The quantitative estimate of drug-likeness (QED) is 0.867. The Hall–Kier alpha value is -2.14. The molecule has 0 saturated carbocycles. The molecule has 2 aromatic rings. The summed E-state index contributed by atoms with van der Waals surface area (Å²) in [5, 5.41) is 4.49. The number of nitrogens with zero attached hydrogens (tertiary/aromatic N) is 4. The molecule has 1 aromatic heterocycles.